The third kappa shape index (κ3) is 5.49. The molecular formula is C19H21BrN2O4. The summed E-state index contributed by atoms with van der Waals surface area (Å²) in [5, 5.41) is 4.02. The first-order chi connectivity index (χ1) is 12.6. The van der Waals surface area contributed by atoms with Crippen molar-refractivity contribution in [3.63, 3.8) is 0 Å². The smallest absolute Gasteiger partial charge is 0.244 e. The summed E-state index contributed by atoms with van der Waals surface area (Å²) in [7, 11) is 3.12. The summed E-state index contributed by atoms with van der Waals surface area (Å²) in [5.41, 5.74) is 4.09. The van der Waals surface area contributed by atoms with Gasteiger partial charge in [-0.1, -0.05) is 22.0 Å². The fourth-order valence-electron chi connectivity index (χ4n) is 2.30. The second-order valence-electron chi connectivity index (χ2n) is 5.27. The molecule has 2 aromatic rings. The van der Waals surface area contributed by atoms with E-state index in [1.807, 2.05) is 31.2 Å². The van der Waals surface area contributed by atoms with Crippen LogP contribution in [-0.4, -0.2) is 32.9 Å². The Morgan fingerprint density at radius 2 is 1.85 bits per heavy atom. The minimum atomic E-state index is -0.235. The third-order valence-corrected chi connectivity index (χ3v) is 3.97. The molecule has 138 valence electrons. The molecule has 6 nitrogen and oxygen atoms in total. The lowest BCUT2D eigenvalue weighted by atomic mass is 10.1. The zero-order chi connectivity index (χ0) is 18.9. The summed E-state index contributed by atoms with van der Waals surface area (Å²) in [6.07, 6.45) is 1.73. The standard InChI is InChI=1S/C19H21BrN2O4/c1-4-26-16-8-6-15(20)11-14(16)12-21-22-19(23)10-13-5-7-17(24-2)18(9-13)25-3/h5-9,11-12H,4,10H2,1-3H3,(H,22,23)/b21-12+. The number of rotatable bonds is 8. The van der Waals surface area contributed by atoms with Crippen molar-refractivity contribution in [1.82, 2.24) is 5.43 Å². The summed E-state index contributed by atoms with van der Waals surface area (Å²) in [5.74, 6) is 1.67. The van der Waals surface area contributed by atoms with Gasteiger partial charge in [0, 0.05) is 10.0 Å². The molecule has 0 aromatic heterocycles. The van der Waals surface area contributed by atoms with E-state index in [-0.39, 0.29) is 12.3 Å². The van der Waals surface area contributed by atoms with Crippen molar-refractivity contribution in [2.24, 2.45) is 5.10 Å². The number of nitrogens with one attached hydrogen (secondary N) is 1. The lowest BCUT2D eigenvalue weighted by Gasteiger charge is -2.09. The first-order valence-corrected chi connectivity index (χ1v) is 8.81. The van der Waals surface area contributed by atoms with Crippen LogP contribution >= 0.6 is 15.9 Å². The van der Waals surface area contributed by atoms with Crippen molar-refractivity contribution in [1.29, 1.82) is 0 Å². The third-order valence-electron chi connectivity index (χ3n) is 3.48. The first-order valence-electron chi connectivity index (χ1n) is 8.02. The number of hydrogen-bond donors (Lipinski definition) is 1. The molecule has 0 saturated heterocycles. The van der Waals surface area contributed by atoms with Crippen LogP contribution in [0.15, 0.2) is 46.0 Å². The van der Waals surface area contributed by atoms with Gasteiger partial charge in [0.1, 0.15) is 5.75 Å². The Kier molecular flexibility index (Phi) is 7.47. The summed E-state index contributed by atoms with van der Waals surface area (Å²) in [4.78, 5) is 12.1. The van der Waals surface area contributed by atoms with Crippen LogP contribution in [0.4, 0.5) is 0 Å². The molecule has 0 atom stereocenters. The van der Waals surface area contributed by atoms with E-state index < -0.39 is 0 Å². The van der Waals surface area contributed by atoms with Crippen LogP contribution in [-0.2, 0) is 11.2 Å². The molecule has 2 aromatic carbocycles. The number of ether oxygens (including phenoxy) is 3. The van der Waals surface area contributed by atoms with E-state index in [0.717, 1.165) is 15.6 Å². The van der Waals surface area contributed by atoms with Crippen LogP contribution in [0.1, 0.15) is 18.1 Å². The Bertz CT molecular complexity index is 793. The van der Waals surface area contributed by atoms with Crippen molar-refractivity contribution in [3.05, 3.63) is 52.0 Å². The zero-order valence-electron chi connectivity index (χ0n) is 14.9. The second kappa shape index (κ2) is 9.82. The van der Waals surface area contributed by atoms with Crippen LogP contribution in [0.25, 0.3) is 0 Å². The largest absolute Gasteiger partial charge is 0.493 e. The quantitative estimate of drug-likeness (QED) is 0.523. The van der Waals surface area contributed by atoms with Crippen molar-refractivity contribution in [2.75, 3.05) is 20.8 Å². The van der Waals surface area contributed by atoms with E-state index in [1.54, 1.807) is 32.6 Å². The number of methoxy groups -OCH3 is 2. The number of amides is 1. The average Bonchev–Trinajstić information content (AvgIpc) is 2.63. The lowest BCUT2D eigenvalue weighted by molar-refractivity contribution is -0.120. The molecule has 0 aliphatic rings. The van der Waals surface area contributed by atoms with Gasteiger partial charge in [0.2, 0.25) is 5.91 Å². The molecule has 0 aliphatic carbocycles. The van der Waals surface area contributed by atoms with Crippen molar-refractivity contribution < 1.29 is 19.0 Å². The highest BCUT2D eigenvalue weighted by Crippen LogP contribution is 2.27. The van der Waals surface area contributed by atoms with Gasteiger partial charge in [-0.25, -0.2) is 5.43 Å². The van der Waals surface area contributed by atoms with Crippen LogP contribution in [0.3, 0.4) is 0 Å². The van der Waals surface area contributed by atoms with Crippen molar-refractivity contribution in [3.8, 4) is 17.2 Å². The fraction of sp³-hybridized carbons (Fsp3) is 0.263. The first kappa shape index (κ1) is 19.8. The molecule has 26 heavy (non-hydrogen) atoms. The second-order valence-corrected chi connectivity index (χ2v) is 6.19. The molecular weight excluding hydrogens is 400 g/mol. The molecule has 0 unspecified atom stereocenters. The van der Waals surface area contributed by atoms with E-state index >= 15 is 0 Å². The molecule has 0 bridgehead atoms. The SMILES string of the molecule is CCOc1ccc(Br)cc1/C=N/NC(=O)Cc1ccc(OC)c(OC)c1. The Morgan fingerprint density at radius 3 is 2.54 bits per heavy atom. The topological polar surface area (TPSA) is 69.2 Å². The number of nitrogens with zero attached hydrogens (tertiary/aromatic N) is 1. The average molecular weight is 421 g/mol. The number of hydrazone groups is 1. The Balaban J connectivity index is 2.01. The van der Waals surface area contributed by atoms with Crippen molar-refractivity contribution in [2.45, 2.75) is 13.3 Å². The molecule has 1 N–H and O–H groups in total. The van der Waals surface area contributed by atoms with Gasteiger partial charge in [0.15, 0.2) is 11.5 Å². The maximum Gasteiger partial charge on any atom is 0.244 e. The highest BCUT2D eigenvalue weighted by Gasteiger charge is 2.08. The van der Waals surface area contributed by atoms with Gasteiger partial charge in [-0.2, -0.15) is 5.10 Å². The summed E-state index contributed by atoms with van der Waals surface area (Å²) < 4.78 is 16.9. The molecule has 2 rings (SSSR count). The summed E-state index contributed by atoms with van der Waals surface area (Å²) >= 11 is 3.41. The normalized spacial score (nSPS) is 10.6. The van der Waals surface area contributed by atoms with Crippen LogP contribution < -0.4 is 19.6 Å². The molecule has 0 fully saturated rings. The van der Waals surface area contributed by atoms with Gasteiger partial charge in [0.25, 0.3) is 0 Å². The van der Waals surface area contributed by atoms with E-state index in [2.05, 4.69) is 26.5 Å². The summed E-state index contributed by atoms with van der Waals surface area (Å²) in [6.45, 7) is 2.46. The number of hydrogen-bond acceptors (Lipinski definition) is 5. The van der Waals surface area contributed by atoms with Gasteiger partial charge in [-0.3, -0.25) is 4.79 Å². The Labute approximate surface area is 161 Å². The number of benzene rings is 2. The molecule has 0 saturated carbocycles. The van der Waals surface area contributed by atoms with Crippen LogP contribution in [0.2, 0.25) is 0 Å². The Hall–Kier alpha value is -2.54. The molecule has 0 radical (unpaired) electrons. The molecule has 0 aliphatic heterocycles. The highest BCUT2D eigenvalue weighted by atomic mass is 79.9. The monoisotopic (exact) mass is 420 g/mol. The van der Waals surface area contributed by atoms with Gasteiger partial charge in [-0.05, 0) is 42.8 Å². The van der Waals surface area contributed by atoms with Crippen LogP contribution in [0.5, 0.6) is 17.2 Å². The van der Waals surface area contributed by atoms with Gasteiger partial charge in [0.05, 0.1) is 33.5 Å². The fourth-order valence-corrected chi connectivity index (χ4v) is 2.68. The highest BCUT2D eigenvalue weighted by molar-refractivity contribution is 9.10. The van der Waals surface area contributed by atoms with Gasteiger partial charge >= 0.3 is 0 Å². The predicted octanol–water partition coefficient (Wildman–Crippen LogP) is 3.56. The maximum atomic E-state index is 12.1. The van der Waals surface area contributed by atoms with E-state index in [0.29, 0.717) is 23.9 Å². The van der Waals surface area contributed by atoms with Crippen LogP contribution in [0, 0.1) is 0 Å². The molecule has 0 heterocycles. The summed E-state index contributed by atoms with van der Waals surface area (Å²) in [6, 6.07) is 10.9. The molecule has 1 amide bonds. The molecule has 7 heteroatoms. The van der Waals surface area contributed by atoms with Gasteiger partial charge in [-0.15, -0.1) is 0 Å². The minimum Gasteiger partial charge on any atom is -0.493 e. The number of halogens is 1. The predicted molar refractivity (Wildman–Crippen MR) is 104 cm³/mol. The van der Waals surface area contributed by atoms with E-state index in [1.165, 1.54) is 0 Å². The Morgan fingerprint density at radius 1 is 1.12 bits per heavy atom. The zero-order valence-corrected chi connectivity index (χ0v) is 16.5. The lowest BCUT2D eigenvalue weighted by Crippen LogP contribution is -2.19. The minimum absolute atomic E-state index is 0.175. The van der Waals surface area contributed by atoms with Crippen molar-refractivity contribution >= 4 is 28.1 Å². The maximum absolute atomic E-state index is 12.1. The van der Waals surface area contributed by atoms with E-state index in [9.17, 15) is 4.79 Å². The van der Waals surface area contributed by atoms with E-state index in [4.69, 9.17) is 14.2 Å². The van der Waals surface area contributed by atoms with Gasteiger partial charge < -0.3 is 14.2 Å². The number of carbonyl (C=O) groups is 1. The molecule has 0 spiro atoms. The number of carbonyl (C=O) groups excluding carboxylic acids is 1.